The van der Waals surface area contributed by atoms with E-state index in [0.717, 1.165) is 16.5 Å². The SMILES string of the molecule is N#C/C(=C/Nc1cccc2ccccc12)C(=O)Nc1ccc(N)cc1Cl. The second kappa shape index (κ2) is 7.60. The molecule has 6 heteroatoms. The van der Waals surface area contributed by atoms with Gasteiger partial charge in [-0.1, -0.05) is 48.0 Å². The Bertz CT molecular complexity index is 1050. The lowest BCUT2D eigenvalue weighted by Gasteiger charge is -2.09. The molecular weight excluding hydrogens is 348 g/mol. The molecule has 0 aliphatic heterocycles. The fraction of sp³-hybridized carbons (Fsp3) is 0. The molecule has 3 aromatic rings. The molecule has 1 amide bonds. The molecule has 3 rings (SSSR count). The van der Waals surface area contributed by atoms with Gasteiger partial charge in [0.05, 0.1) is 10.7 Å². The van der Waals surface area contributed by atoms with Gasteiger partial charge in [0.15, 0.2) is 0 Å². The topological polar surface area (TPSA) is 90.9 Å². The van der Waals surface area contributed by atoms with Crippen LogP contribution in [0.2, 0.25) is 5.02 Å². The molecule has 0 bridgehead atoms. The van der Waals surface area contributed by atoms with E-state index in [9.17, 15) is 10.1 Å². The molecule has 0 saturated carbocycles. The molecular formula is C20H15ClN4O. The van der Waals surface area contributed by atoms with E-state index < -0.39 is 5.91 Å². The first-order chi connectivity index (χ1) is 12.6. The zero-order chi connectivity index (χ0) is 18.5. The molecule has 0 atom stereocenters. The van der Waals surface area contributed by atoms with Crippen molar-refractivity contribution >= 4 is 45.3 Å². The molecule has 0 heterocycles. The van der Waals surface area contributed by atoms with Gasteiger partial charge in [0.25, 0.3) is 5.91 Å². The van der Waals surface area contributed by atoms with Crippen molar-refractivity contribution in [2.24, 2.45) is 0 Å². The van der Waals surface area contributed by atoms with Crippen LogP contribution in [-0.4, -0.2) is 5.91 Å². The van der Waals surface area contributed by atoms with E-state index in [1.807, 2.05) is 48.5 Å². The highest BCUT2D eigenvalue weighted by Crippen LogP contribution is 2.25. The average Bonchev–Trinajstić information content (AvgIpc) is 2.64. The van der Waals surface area contributed by atoms with Gasteiger partial charge in [-0.2, -0.15) is 5.26 Å². The van der Waals surface area contributed by atoms with Gasteiger partial charge in [-0.25, -0.2) is 0 Å². The van der Waals surface area contributed by atoms with Gasteiger partial charge in [-0.3, -0.25) is 4.79 Å². The van der Waals surface area contributed by atoms with Crippen molar-refractivity contribution in [3.8, 4) is 6.07 Å². The van der Waals surface area contributed by atoms with Crippen LogP contribution in [0.3, 0.4) is 0 Å². The van der Waals surface area contributed by atoms with Crippen LogP contribution in [0.15, 0.2) is 72.4 Å². The Balaban J connectivity index is 1.81. The molecule has 0 unspecified atom stereocenters. The molecule has 0 aliphatic carbocycles. The Kier molecular flexibility index (Phi) is 5.07. The summed E-state index contributed by atoms with van der Waals surface area (Å²) < 4.78 is 0. The maximum atomic E-state index is 12.3. The first kappa shape index (κ1) is 17.3. The van der Waals surface area contributed by atoms with Crippen molar-refractivity contribution in [3.63, 3.8) is 0 Å². The molecule has 4 N–H and O–H groups in total. The molecule has 0 spiro atoms. The number of nitrogens with one attached hydrogen (secondary N) is 2. The van der Waals surface area contributed by atoms with E-state index >= 15 is 0 Å². The predicted octanol–water partition coefficient (Wildman–Crippen LogP) is 4.53. The van der Waals surface area contributed by atoms with Gasteiger partial charge in [-0.15, -0.1) is 0 Å². The van der Waals surface area contributed by atoms with Crippen LogP contribution >= 0.6 is 11.6 Å². The van der Waals surface area contributed by atoms with Gasteiger partial charge in [0.2, 0.25) is 0 Å². The number of nitriles is 1. The van der Waals surface area contributed by atoms with Gasteiger partial charge in [-0.05, 0) is 29.7 Å². The maximum absolute atomic E-state index is 12.3. The Morgan fingerprint density at radius 2 is 1.85 bits per heavy atom. The second-order valence-electron chi connectivity index (χ2n) is 5.53. The van der Waals surface area contributed by atoms with Crippen LogP contribution in [0.5, 0.6) is 0 Å². The first-order valence-electron chi connectivity index (χ1n) is 7.79. The summed E-state index contributed by atoms with van der Waals surface area (Å²) in [5.74, 6) is -0.563. The summed E-state index contributed by atoms with van der Waals surface area (Å²) in [4.78, 5) is 12.3. The molecule has 0 aliphatic rings. The Morgan fingerprint density at radius 3 is 2.62 bits per heavy atom. The Labute approximate surface area is 155 Å². The van der Waals surface area contributed by atoms with Crippen LogP contribution in [-0.2, 0) is 4.79 Å². The van der Waals surface area contributed by atoms with Crippen LogP contribution in [0.25, 0.3) is 10.8 Å². The Hall–Kier alpha value is -3.49. The van der Waals surface area contributed by atoms with Crippen molar-refractivity contribution in [3.05, 3.63) is 77.5 Å². The minimum Gasteiger partial charge on any atom is -0.399 e. The molecule has 0 saturated heterocycles. The summed E-state index contributed by atoms with van der Waals surface area (Å²) in [5.41, 5.74) is 7.23. The molecule has 0 fully saturated rings. The Morgan fingerprint density at radius 1 is 1.08 bits per heavy atom. The smallest absolute Gasteiger partial charge is 0.267 e. The summed E-state index contributed by atoms with van der Waals surface area (Å²) in [7, 11) is 0. The summed E-state index contributed by atoms with van der Waals surface area (Å²) >= 11 is 6.05. The summed E-state index contributed by atoms with van der Waals surface area (Å²) in [6.45, 7) is 0. The monoisotopic (exact) mass is 362 g/mol. The zero-order valence-electron chi connectivity index (χ0n) is 13.7. The molecule has 0 aromatic heterocycles. The standard InChI is InChI=1S/C20H15ClN4O/c21-17-10-15(23)8-9-19(17)25-20(26)14(11-22)12-24-18-7-3-5-13-4-1-2-6-16(13)18/h1-10,12,24H,23H2,(H,25,26)/b14-12-. The number of nitrogens with two attached hydrogens (primary N) is 1. The molecule has 3 aromatic carbocycles. The van der Waals surface area contributed by atoms with Gasteiger partial charge >= 0.3 is 0 Å². The highest BCUT2D eigenvalue weighted by Gasteiger charge is 2.11. The number of halogens is 1. The lowest BCUT2D eigenvalue weighted by molar-refractivity contribution is -0.112. The van der Waals surface area contributed by atoms with Crippen molar-refractivity contribution < 1.29 is 4.79 Å². The summed E-state index contributed by atoms with van der Waals surface area (Å²) in [5, 5.41) is 17.3. The number of fused-ring (bicyclic) bond motifs is 1. The highest BCUT2D eigenvalue weighted by atomic mass is 35.5. The number of amides is 1. The quantitative estimate of drug-likeness (QED) is 0.361. The van der Waals surface area contributed by atoms with Crippen LogP contribution in [0, 0.1) is 11.3 Å². The average molecular weight is 363 g/mol. The van der Waals surface area contributed by atoms with Gasteiger partial charge in [0.1, 0.15) is 11.6 Å². The highest BCUT2D eigenvalue weighted by molar-refractivity contribution is 6.34. The number of hydrogen-bond acceptors (Lipinski definition) is 4. The number of nitrogen functional groups attached to an aromatic ring is 1. The van der Waals surface area contributed by atoms with Gasteiger partial charge < -0.3 is 16.4 Å². The van der Waals surface area contributed by atoms with E-state index in [0.29, 0.717) is 16.4 Å². The van der Waals surface area contributed by atoms with Gasteiger partial charge in [0, 0.05) is 23.0 Å². The van der Waals surface area contributed by atoms with E-state index in [2.05, 4.69) is 10.6 Å². The third kappa shape index (κ3) is 3.77. The normalized spacial score (nSPS) is 11.0. The van der Waals surface area contributed by atoms with E-state index in [1.165, 1.54) is 12.3 Å². The molecule has 128 valence electrons. The van der Waals surface area contributed by atoms with Crippen LogP contribution in [0.4, 0.5) is 17.1 Å². The van der Waals surface area contributed by atoms with E-state index in [1.54, 1.807) is 12.1 Å². The van der Waals surface area contributed by atoms with Crippen LogP contribution < -0.4 is 16.4 Å². The third-order valence-corrected chi connectivity index (χ3v) is 4.08. The van der Waals surface area contributed by atoms with E-state index in [4.69, 9.17) is 17.3 Å². The lowest BCUT2D eigenvalue weighted by atomic mass is 10.1. The second-order valence-corrected chi connectivity index (χ2v) is 5.94. The molecule has 26 heavy (non-hydrogen) atoms. The zero-order valence-corrected chi connectivity index (χ0v) is 14.4. The fourth-order valence-corrected chi connectivity index (χ4v) is 2.71. The number of carbonyl (C=O) groups excluding carboxylic acids is 1. The van der Waals surface area contributed by atoms with E-state index in [-0.39, 0.29) is 5.57 Å². The molecule has 0 radical (unpaired) electrons. The predicted molar refractivity (Wildman–Crippen MR) is 106 cm³/mol. The minimum absolute atomic E-state index is 0.0779. The minimum atomic E-state index is -0.563. The summed E-state index contributed by atoms with van der Waals surface area (Å²) in [6, 6.07) is 20.2. The fourth-order valence-electron chi connectivity index (χ4n) is 2.47. The summed E-state index contributed by atoms with van der Waals surface area (Å²) in [6.07, 6.45) is 1.38. The van der Waals surface area contributed by atoms with Crippen molar-refractivity contribution in [1.82, 2.24) is 0 Å². The first-order valence-corrected chi connectivity index (χ1v) is 8.17. The number of anilines is 3. The van der Waals surface area contributed by atoms with Crippen molar-refractivity contribution in [2.75, 3.05) is 16.4 Å². The number of hydrogen-bond donors (Lipinski definition) is 3. The number of benzene rings is 3. The third-order valence-electron chi connectivity index (χ3n) is 3.77. The number of nitrogens with zero attached hydrogens (tertiary/aromatic N) is 1. The van der Waals surface area contributed by atoms with Crippen molar-refractivity contribution in [2.45, 2.75) is 0 Å². The largest absolute Gasteiger partial charge is 0.399 e. The lowest BCUT2D eigenvalue weighted by Crippen LogP contribution is -2.15. The number of rotatable bonds is 4. The number of carbonyl (C=O) groups is 1. The molecule has 5 nitrogen and oxygen atoms in total. The van der Waals surface area contributed by atoms with Crippen molar-refractivity contribution in [1.29, 1.82) is 5.26 Å². The van der Waals surface area contributed by atoms with Crippen LogP contribution in [0.1, 0.15) is 0 Å². The maximum Gasteiger partial charge on any atom is 0.267 e.